The number of hydrogen-bond acceptors (Lipinski definition) is 8. The Morgan fingerprint density at radius 3 is 2.22 bits per heavy atom. The number of likely N-dealkylation sites (tertiary alicyclic amines) is 1. The second-order valence-electron chi connectivity index (χ2n) is 13.6. The molecule has 0 aromatic heterocycles. The lowest BCUT2D eigenvalue weighted by molar-refractivity contribution is -0.146. The Kier molecular flexibility index (Phi) is 17.1. The first kappa shape index (κ1) is 42.1. The summed E-state index contributed by atoms with van der Waals surface area (Å²) < 4.78 is 43.1. The van der Waals surface area contributed by atoms with Crippen LogP contribution in [0.2, 0.25) is 0 Å². The fourth-order valence-corrected chi connectivity index (χ4v) is 6.97. The molecule has 13 nitrogen and oxygen atoms in total. The average Bonchev–Trinajstić information content (AvgIpc) is 3.53. The van der Waals surface area contributed by atoms with Gasteiger partial charge in [0.15, 0.2) is 0 Å². The Bertz CT molecular complexity index is 1330. The third-order valence-electron chi connectivity index (χ3n) is 9.46. The van der Waals surface area contributed by atoms with Crippen molar-refractivity contribution in [2.45, 2.75) is 103 Å². The second-order valence-corrected chi connectivity index (χ2v) is 15.1. The lowest BCUT2D eigenvalue weighted by atomic mass is 9.90. The fourth-order valence-electron chi connectivity index (χ4n) is 6.61. The summed E-state index contributed by atoms with van der Waals surface area (Å²) in [5.41, 5.74) is 0.779. The van der Waals surface area contributed by atoms with Crippen LogP contribution in [0.25, 0.3) is 0 Å². The number of carbonyl (C=O) groups is 4. The third kappa shape index (κ3) is 13.0. The molecule has 7 unspecified atom stereocenters. The average molecular weight is 711 g/mol. The zero-order valence-electron chi connectivity index (χ0n) is 30.4. The Hall–Kier alpha value is -3.07. The number of nitrogens with zero attached hydrogens (tertiary/aromatic N) is 2. The van der Waals surface area contributed by atoms with Crippen molar-refractivity contribution in [3.05, 3.63) is 35.9 Å². The van der Waals surface area contributed by atoms with Crippen molar-refractivity contribution in [1.29, 1.82) is 0 Å². The number of nitrogens with one attached hydrogen (secondary N) is 2. The third-order valence-corrected chi connectivity index (χ3v) is 10.2. The van der Waals surface area contributed by atoms with Gasteiger partial charge >= 0.3 is 0 Å². The summed E-state index contributed by atoms with van der Waals surface area (Å²) in [5.74, 6) is -2.36. The largest absolute Gasteiger partial charge is 0.379 e. The van der Waals surface area contributed by atoms with Crippen molar-refractivity contribution in [3.63, 3.8) is 0 Å². The normalized spacial score (nSPS) is 18.7. The number of benzene rings is 1. The topological polar surface area (TPSA) is 172 Å². The van der Waals surface area contributed by atoms with E-state index in [-0.39, 0.29) is 49.1 Å². The van der Waals surface area contributed by atoms with Crippen LogP contribution in [0.5, 0.6) is 0 Å². The molecule has 0 spiro atoms. The van der Waals surface area contributed by atoms with Crippen LogP contribution in [0.1, 0.15) is 72.3 Å². The van der Waals surface area contributed by atoms with Gasteiger partial charge in [0.1, 0.15) is 6.04 Å². The maximum Gasteiger partial charge on any atom is 0.266 e. The molecule has 14 heteroatoms. The van der Waals surface area contributed by atoms with Crippen LogP contribution in [0.4, 0.5) is 0 Å². The molecule has 1 aromatic carbocycles. The zero-order chi connectivity index (χ0) is 36.9. The van der Waals surface area contributed by atoms with Crippen LogP contribution >= 0.6 is 0 Å². The van der Waals surface area contributed by atoms with Crippen LogP contribution in [0, 0.1) is 17.8 Å². The molecule has 2 rings (SSSR count). The predicted octanol–water partition coefficient (Wildman–Crippen LogP) is 2.68. The molecule has 0 saturated carbocycles. The first-order chi connectivity index (χ1) is 23.0. The van der Waals surface area contributed by atoms with Gasteiger partial charge in [0.25, 0.3) is 10.1 Å². The highest BCUT2D eigenvalue weighted by molar-refractivity contribution is 7.85. The van der Waals surface area contributed by atoms with Gasteiger partial charge in [-0.05, 0) is 30.2 Å². The molecule has 1 aromatic rings. The Balaban J connectivity index is 2.23. The molecule has 1 heterocycles. The molecule has 1 fully saturated rings. The minimum atomic E-state index is -4.29. The first-order valence-corrected chi connectivity index (χ1v) is 18.8. The summed E-state index contributed by atoms with van der Waals surface area (Å²) in [6.07, 6.45) is 1.51. The number of methoxy groups -OCH3 is 2. The van der Waals surface area contributed by atoms with Crippen LogP contribution < -0.4 is 10.6 Å². The molecule has 0 aliphatic carbocycles. The second kappa shape index (κ2) is 19.9. The van der Waals surface area contributed by atoms with E-state index in [1.807, 2.05) is 39.0 Å². The van der Waals surface area contributed by atoms with Crippen molar-refractivity contribution in [3.8, 4) is 0 Å². The van der Waals surface area contributed by atoms with Gasteiger partial charge in [-0.1, -0.05) is 71.4 Å². The number of hydrogen-bond donors (Lipinski definition) is 3. The lowest BCUT2D eigenvalue weighted by Crippen LogP contribution is -2.55. The number of ether oxygens (including phenoxy) is 2. The van der Waals surface area contributed by atoms with Crippen molar-refractivity contribution >= 4 is 33.7 Å². The summed E-state index contributed by atoms with van der Waals surface area (Å²) in [6.45, 7) is 9.94. The van der Waals surface area contributed by atoms with E-state index < -0.39 is 57.9 Å². The smallest absolute Gasteiger partial charge is 0.266 e. The highest BCUT2D eigenvalue weighted by Crippen LogP contribution is 2.29. The molecule has 1 aliphatic rings. The molecule has 7 atom stereocenters. The van der Waals surface area contributed by atoms with Crippen molar-refractivity contribution in [2.24, 2.45) is 17.8 Å². The van der Waals surface area contributed by atoms with Gasteiger partial charge in [0.2, 0.25) is 23.6 Å². The van der Waals surface area contributed by atoms with E-state index in [4.69, 9.17) is 14.0 Å². The van der Waals surface area contributed by atoms with Crippen molar-refractivity contribution in [1.82, 2.24) is 20.4 Å². The Labute approximate surface area is 292 Å². The van der Waals surface area contributed by atoms with E-state index in [1.165, 1.54) is 7.11 Å². The highest BCUT2D eigenvalue weighted by Gasteiger charge is 2.42. The molecular weight excluding hydrogens is 652 g/mol. The van der Waals surface area contributed by atoms with E-state index in [2.05, 4.69) is 17.6 Å². The molecule has 1 aliphatic heterocycles. The molecule has 1 saturated heterocycles. The number of likely N-dealkylation sites (N-methyl/N-ethyl adjacent to an activating group) is 1. The summed E-state index contributed by atoms with van der Waals surface area (Å²) in [5, 5.41) is 5.28. The van der Waals surface area contributed by atoms with Gasteiger partial charge in [0, 0.05) is 47.2 Å². The van der Waals surface area contributed by atoms with E-state index in [9.17, 15) is 27.6 Å². The van der Waals surface area contributed by atoms with Gasteiger partial charge in [-0.25, -0.2) is 0 Å². The van der Waals surface area contributed by atoms with Crippen LogP contribution in [0.3, 0.4) is 0 Å². The molecule has 4 amide bonds. The van der Waals surface area contributed by atoms with E-state index in [1.54, 1.807) is 43.0 Å². The van der Waals surface area contributed by atoms with Crippen molar-refractivity contribution < 1.29 is 41.6 Å². The summed E-state index contributed by atoms with van der Waals surface area (Å²) in [7, 11) is 0.541. The van der Waals surface area contributed by atoms with E-state index in [0.717, 1.165) is 18.4 Å². The first-order valence-electron chi connectivity index (χ1n) is 17.2. The Morgan fingerprint density at radius 1 is 1.02 bits per heavy atom. The molecule has 278 valence electrons. The lowest BCUT2D eigenvalue weighted by Gasteiger charge is -2.39. The summed E-state index contributed by atoms with van der Waals surface area (Å²) in [6, 6.07) is 7.31. The Morgan fingerprint density at radius 2 is 1.67 bits per heavy atom. The van der Waals surface area contributed by atoms with E-state index in [0.29, 0.717) is 19.4 Å². The number of amides is 4. The maximum absolute atomic E-state index is 13.9. The van der Waals surface area contributed by atoms with Crippen molar-refractivity contribution in [2.75, 3.05) is 40.1 Å². The minimum Gasteiger partial charge on any atom is -0.379 e. The van der Waals surface area contributed by atoms with Gasteiger partial charge in [-0.2, -0.15) is 8.42 Å². The predicted molar refractivity (Wildman–Crippen MR) is 187 cm³/mol. The number of rotatable bonds is 20. The van der Waals surface area contributed by atoms with Crippen LogP contribution in [0.15, 0.2) is 30.3 Å². The SMILES string of the molecule is CCC(C)C(C(CC(=O)N1CCCC1C(OC)C(C)C(=O)NC(Cc1ccccc1)C(=O)NCCS(=O)(=O)O)OC)N(C)C(=O)CC(C)C. The summed E-state index contributed by atoms with van der Waals surface area (Å²) >= 11 is 0. The highest BCUT2D eigenvalue weighted by atomic mass is 32.2. The van der Waals surface area contributed by atoms with Gasteiger partial charge in [-0.15, -0.1) is 0 Å². The van der Waals surface area contributed by atoms with Gasteiger partial charge in [-0.3, -0.25) is 23.7 Å². The number of carbonyl (C=O) groups excluding carboxylic acids is 4. The molecule has 0 radical (unpaired) electrons. The quantitative estimate of drug-likeness (QED) is 0.172. The molecular formula is C35H58N4O9S. The molecule has 0 bridgehead atoms. The van der Waals surface area contributed by atoms with Crippen LogP contribution in [-0.2, 0) is 45.2 Å². The van der Waals surface area contributed by atoms with Crippen LogP contribution in [-0.4, -0.2) is 117 Å². The molecule has 49 heavy (non-hydrogen) atoms. The van der Waals surface area contributed by atoms with E-state index >= 15 is 0 Å². The minimum absolute atomic E-state index is 0.00538. The summed E-state index contributed by atoms with van der Waals surface area (Å²) in [4.78, 5) is 57.3. The standard InChI is InChI=1S/C35H58N4O9S/c1-9-24(4)32(38(6)30(40)20-23(2)3)29(47-7)22-31(41)39-18-13-16-28(39)33(48-8)25(5)34(42)37-27(21-26-14-11-10-12-15-26)35(43)36-17-19-49(44,45)46/h10-12,14-15,23-25,27-29,32-33H,9,13,16-22H2,1-8H3,(H,36,43)(H,37,42)(H,44,45,46). The molecule has 3 N–H and O–H groups in total. The zero-order valence-corrected chi connectivity index (χ0v) is 31.2. The fraction of sp³-hybridized carbons (Fsp3) is 0.714. The van der Waals surface area contributed by atoms with Gasteiger partial charge in [0.05, 0.1) is 42.4 Å². The maximum atomic E-state index is 13.9. The van der Waals surface area contributed by atoms with Gasteiger partial charge < -0.3 is 29.9 Å². The monoisotopic (exact) mass is 710 g/mol.